The third-order valence-corrected chi connectivity index (χ3v) is 5.05. The van der Waals surface area contributed by atoms with Crippen LogP contribution in [0.1, 0.15) is 28.0 Å². The summed E-state index contributed by atoms with van der Waals surface area (Å²) in [6, 6.07) is 8.80. The summed E-state index contributed by atoms with van der Waals surface area (Å²) in [5, 5.41) is 12.4. The van der Waals surface area contributed by atoms with Gasteiger partial charge in [-0.05, 0) is 36.2 Å². The highest BCUT2D eigenvalue weighted by Crippen LogP contribution is 2.37. The molecule has 0 bridgehead atoms. The van der Waals surface area contributed by atoms with Crippen molar-refractivity contribution in [2.45, 2.75) is 12.8 Å². The first-order valence-corrected chi connectivity index (χ1v) is 9.02. The van der Waals surface area contributed by atoms with Crippen molar-refractivity contribution in [2.24, 2.45) is 11.1 Å². The monoisotopic (exact) mass is 377 g/mol. The van der Waals surface area contributed by atoms with Crippen LogP contribution in [0.2, 0.25) is 0 Å². The number of nitrogens with one attached hydrogen (secondary N) is 1. The van der Waals surface area contributed by atoms with E-state index in [1.54, 1.807) is 18.2 Å². The van der Waals surface area contributed by atoms with Crippen molar-refractivity contribution in [1.29, 1.82) is 0 Å². The van der Waals surface area contributed by atoms with Crippen LogP contribution in [0.25, 0.3) is 11.3 Å². The van der Waals surface area contributed by atoms with Gasteiger partial charge in [0, 0.05) is 24.1 Å². The Kier molecular flexibility index (Phi) is 4.49. The minimum absolute atomic E-state index is 0.169. The van der Waals surface area contributed by atoms with Gasteiger partial charge in [-0.3, -0.25) is 9.59 Å². The summed E-state index contributed by atoms with van der Waals surface area (Å²) in [7, 11) is 0. The van der Waals surface area contributed by atoms with E-state index in [-0.39, 0.29) is 18.2 Å². The highest BCUT2D eigenvalue weighted by atomic mass is 16.5. The number of ether oxygens (including phenoxy) is 1. The Labute approximate surface area is 161 Å². The van der Waals surface area contributed by atoms with Crippen molar-refractivity contribution in [3.8, 4) is 28.8 Å². The fraction of sp³-hybridized carbons (Fsp3) is 0.286. The number of aliphatic hydroxyl groups excluding tert-OH is 1. The fourth-order valence-electron chi connectivity index (χ4n) is 3.47. The van der Waals surface area contributed by atoms with Crippen LogP contribution in [0.5, 0.6) is 5.75 Å². The Hall–Kier alpha value is -3.37. The third kappa shape index (κ3) is 3.08. The molecule has 2 aliphatic heterocycles. The van der Waals surface area contributed by atoms with Crippen molar-refractivity contribution < 1.29 is 19.4 Å². The zero-order valence-electron chi connectivity index (χ0n) is 15.1. The maximum atomic E-state index is 12.1. The second kappa shape index (κ2) is 6.98. The summed E-state index contributed by atoms with van der Waals surface area (Å²) >= 11 is 0. The third-order valence-electron chi connectivity index (χ3n) is 5.05. The molecule has 2 aromatic rings. The quantitative estimate of drug-likeness (QED) is 0.679. The Morgan fingerprint density at radius 1 is 1.39 bits per heavy atom. The van der Waals surface area contributed by atoms with Gasteiger partial charge in [-0.1, -0.05) is 17.9 Å². The maximum absolute atomic E-state index is 12.1. The van der Waals surface area contributed by atoms with Crippen LogP contribution in [0, 0.1) is 17.3 Å². The van der Waals surface area contributed by atoms with Crippen molar-refractivity contribution in [3.05, 3.63) is 47.2 Å². The molecule has 1 fully saturated rings. The molecular formula is C21H19N3O4. The Morgan fingerprint density at radius 3 is 2.96 bits per heavy atom. The number of aliphatic hydroxyl groups is 1. The summed E-state index contributed by atoms with van der Waals surface area (Å²) in [6.07, 6.45) is 1.21. The van der Waals surface area contributed by atoms with E-state index in [1.807, 2.05) is 12.1 Å². The minimum Gasteiger partial charge on any atom is -0.492 e. The molecule has 4 N–H and O–H groups in total. The molecule has 0 saturated carbocycles. The fourth-order valence-corrected chi connectivity index (χ4v) is 3.47. The first kappa shape index (κ1) is 18.0. The molecule has 28 heavy (non-hydrogen) atoms. The zero-order chi connectivity index (χ0) is 19.7. The van der Waals surface area contributed by atoms with Gasteiger partial charge in [-0.2, -0.15) is 0 Å². The molecule has 142 valence electrons. The van der Waals surface area contributed by atoms with Crippen molar-refractivity contribution >= 4 is 11.8 Å². The molecule has 4 rings (SSSR count). The van der Waals surface area contributed by atoms with Crippen LogP contribution in [-0.4, -0.2) is 41.7 Å². The van der Waals surface area contributed by atoms with Gasteiger partial charge in [0.15, 0.2) is 0 Å². The second-order valence-corrected chi connectivity index (χ2v) is 6.88. The summed E-state index contributed by atoms with van der Waals surface area (Å²) in [6.45, 7) is 0.730. The summed E-state index contributed by atoms with van der Waals surface area (Å²) < 4.78 is 5.77. The van der Waals surface area contributed by atoms with Crippen LogP contribution < -0.4 is 15.8 Å². The smallest absolute Gasteiger partial charge is 0.267 e. The molecule has 7 nitrogen and oxygen atoms in total. The number of nitrogens with two attached hydrogens (primary N) is 1. The van der Waals surface area contributed by atoms with Gasteiger partial charge in [0.2, 0.25) is 5.91 Å². The maximum Gasteiger partial charge on any atom is 0.267 e. The van der Waals surface area contributed by atoms with Crippen LogP contribution in [0.15, 0.2) is 30.3 Å². The second-order valence-electron chi connectivity index (χ2n) is 6.88. The van der Waals surface area contributed by atoms with E-state index in [4.69, 9.17) is 10.5 Å². The number of amides is 2. The summed E-state index contributed by atoms with van der Waals surface area (Å²) in [4.78, 5) is 27.9. The summed E-state index contributed by atoms with van der Waals surface area (Å²) in [5.74, 6) is 5.87. The highest BCUT2D eigenvalue weighted by molar-refractivity contribution is 5.91. The lowest BCUT2D eigenvalue weighted by Gasteiger charge is -2.15. The van der Waals surface area contributed by atoms with E-state index in [0.29, 0.717) is 30.8 Å². The first-order valence-electron chi connectivity index (χ1n) is 9.02. The minimum atomic E-state index is -1.07. The predicted molar refractivity (Wildman–Crippen MR) is 101 cm³/mol. The standard InChI is InChI=1S/C21H19N3O4/c22-19(26)17-3-1-2-16(24-17)15-11-13(10-14-5-9-28-18(14)15)4-6-21(12-25)7-8-23-20(21)27/h1-3,10-11,25H,5,7-9,12H2,(H2,22,26)(H,23,27)/t21-/m0/s1. The number of fused-ring (bicyclic) bond motifs is 1. The molecule has 0 unspecified atom stereocenters. The normalized spacial score (nSPS) is 20.0. The van der Waals surface area contributed by atoms with E-state index >= 15 is 0 Å². The molecule has 2 amide bonds. The molecule has 1 saturated heterocycles. The van der Waals surface area contributed by atoms with Crippen molar-refractivity contribution in [1.82, 2.24) is 10.3 Å². The number of carbonyl (C=O) groups excluding carboxylic acids is 2. The van der Waals surface area contributed by atoms with E-state index in [2.05, 4.69) is 22.1 Å². The van der Waals surface area contributed by atoms with Gasteiger partial charge in [0.05, 0.1) is 18.9 Å². The van der Waals surface area contributed by atoms with Crippen molar-refractivity contribution in [3.63, 3.8) is 0 Å². The lowest BCUT2D eigenvalue weighted by atomic mass is 9.87. The topological polar surface area (TPSA) is 115 Å². The van der Waals surface area contributed by atoms with E-state index < -0.39 is 11.3 Å². The van der Waals surface area contributed by atoms with Crippen LogP contribution in [-0.2, 0) is 11.2 Å². The van der Waals surface area contributed by atoms with Crippen LogP contribution in [0.4, 0.5) is 0 Å². The molecule has 7 heteroatoms. The molecule has 0 radical (unpaired) electrons. The molecule has 2 aliphatic rings. The van der Waals surface area contributed by atoms with Gasteiger partial charge in [0.25, 0.3) is 5.91 Å². The van der Waals surface area contributed by atoms with Gasteiger partial charge in [-0.25, -0.2) is 4.98 Å². The van der Waals surface area contributed by atoms with E-state index in [0.717, 1.165) is 23.3 Å². The van der Waals surface area contributed by atoms with Crippen LogP contribution in [0.3, 0.4) is 0 Å². The Balaban J connectivity index is 1.79. The van der Waals surface area contributed by atoms with Gasteiger partial charge >= 0.3 is 0 Å². The number of hydrogen-bond donors (Lipinski definition) is 3. The SMILES string of the molecule is NC(=O)c1cccc(-c2cc(C#C[C@@]3(CO)CCNC3=O)cc3c2OCC3)n1. The average Bonchev–Trinajstić information content (AvgIpc) is 3.32. The molecular weight excluding hydrogens is 358 g/mol. The number of rotatable bonds is 3. The number of primary amides is 1. The number of nitrogens with zero attached hydrogens (tertiary/aromatic N) is 1. The number of pyridine rings is 1. The molecule has 1 atom stereocenters. The average molecular weight is 377 g/mol. The lowest BCUT2D eigenvalue weighted by Crippen LogP contribution is -2.33. The zero-order valence-corrected chi connectivity index (χ0v) is 15.1. The van der Waals surface area contributed by atoms with E-state index in [9.17, 15) is 14.7 Å². The molecule has 1 aromatic carbocycles. The molecule has 0 aliphatic carbocycles. The number of carbonyl (C=O) groups is 2. The molecule has 3 heterocycles. The first-order chi connectivity index (χ1) is 13.5. The van der Waals surface area contributed by atoms with Gasteiger partial charge < -0.3 is 20.9 Å². The summed E-state index contributed by atoms with van der Waals surface area (Å²) in [5.41, 5.74) is 7.41. The Bertz CT molecular complexity index is 1040. The molecule has 0 spiro atoms. The predicted octanol–water partition coefficient (Wildman–Crippen LogP) is 0.632. The number of aromatic nitrogens is 1. The van der Waals surface area contributed by atoms with Gasteiger partial charge in [-0.15, -0.1) is 0 Å². The van der Waals surface area contributed by atoms with Crippen LogP contribution >= 0.6 is 0 Å². The number of hydrogen-bond acceptors (Lipinski definition) is 5. The Morgan fingerprint density at radius 2 is 2.25 bits per heavy atom. The lowest BCUT2D eigenvalue weighted by molar-refractivity contribution is -0.126. The van der Waals surface area contributed by atoms with E-state index in [1.165, 1.54) is 0 Å². The highest BCUT2D eigenvalue weighted by Gasteiger charge is 2.40. The van der Waals surface area contributed by atoms with Crippen molar-refractivity contribution in [2.75, 3.05) is 19.8 Å². The number of benzene rings is 1. The largest absolute Gasteiger partial charge is 0.492 e. The molecule has 1 aromatic heterocycles. The van der Waals surface area contributed by atoms with Gasteiger partial charge in [0.1, 0.15) is 16.9 Å².